The van der Waals surface area contributed by atoms with Gasteiger partial charge in [0.05, 0.1) is 15.7 Å². The van der Waals surface area contributed by atoms with Gasteiger partial charge in [-0.1, -0.05) is 35.3 Å². The van der Waals surface area contributed by atoms with E-state index in [0.29, 0.717) is 47.1 Å². The molecule has 0 bridgehead atoms. The van der Waals surface area contributed by atoms with Crippen LogP contribution in [-0.4, -0.2) is 63.5 Å². The number of benzene rings is 2. The third kappa shape index (κ3) is 5.71. The van der Waals surface area contributed by atoms with Gasteiger partial charge in [0.1, 0.15) is 13.2 Å². The number of hydrogen-bond donors (Lipinski definition) is 1. The average Bonchev–Trinajstić information content (AvgIpc) is 2.81. The number of piperazine rings is 1. The number of ether oxygens (including phenoxy) is 3. The number of hydrogen-bond acceptors (Lipinski definition) is 6. The minimum atomic E-state index is -0.486. The first kappa shape index (κ1) is 22.8. The van der Waals surface area contributed by atoms with Crippen LogP contribution in [0.5, 0.6) is 17.2 Å². The Kier molecular flexibility index (Phi) is 7.84. The highest BCUT2D eigenvalue weighted by atomic mass is 35.5. The molecule has 2 aromatic rings. The highest BCUT2D eigenvalue weighted by Crippen LogP contribution is 2.39. The van der Waals surface area contributed by atoms with Crippen LogP contribution in [-0.2, 0) is 0 Å². The second kappa shape index (κ2) is 11.0. The first-order valence-corrected chi connectivity index (χ1v) is 11.6. The van der Waals surface area contributed by atoms with Crippen molar-refractivity contribution in [1.29, 1.82) is 0 Å². The van der Waals surface area contributed by atoms with Crippen molar-refractivity contribution in [1.82, 2.24) is 10.2 Å². The Morgan fingerprint density at radius 2 is 1.78 bits per heavy atom. The van der Waals surface area contributed by atoms with Crippen molar-refractivity contribution in [3.63, 3.8) is 0 Å². The fourth-order valence-corrected chi connectivity index (χ4v) is 4.28. The molecule has 2 aliphatic rings. The van der Waals surface area contributed by atoms with Crippen molar-refractivity contribution < 1.29 is 19.0 Å². The maximum Gasteiger partial charge on any atom is 0.412 e. The van der Waals surface area contributed by atoms with E-state index in [4.69, 9.17) is 37.4 Å². The first-order valence-electron chi connectivity index (χ1n) is 10.9. The van der Waals surface area contributed by atoms with Crippen molar-refractivity contribution in [2.45, 2.75) is 12.8 Å². The van der Waals surface area contributed by atoms with Crippen LogP contribution in [0, 0.1) is 0 Å². The van der Waals surface area contributed by atoms with E-state index >= 15 is 0 Å². The van der Waals surface area contributed by atoms with Crippen molar-refractivity contribution >= 4 is 35.0 Å². The van der Waals surface area contributed by atoms with E-state index in [1.54, 1.807) is 18.2 Å². The molecule has 1 fully saturated rings. The molecule has 4 rings (SSSR count). The van der Waals surface area contributed by atoms with Crippen LogP contribution in [0.4, 0.5) is 10.5 Å². The third-order valence-corrected chi connectivity index (χ3v) is 6.36. The van der Waals surface area contributed by atoms with Crippen LogP contribution in [0.3, 0.4) is 0 Å². The smallest absolute Gasteiger partial charge is 0.412 e. The van der Waals surface area contributed by atoms with E-state index in [-0.39, 0.29) is 0 Å². The van der Waals surface area contributed by atoms with Crippen molar-refractivity contribution in [2.24, 2.45) is 0 Å². The molecule has 7 nitrogen and oxygen atoms in total. The Hall–Kier alpha value is -2.35. The van der Waals surface area contributed by atoms with Crippen LogP contribution >= 0.6 is 23.2 Å². The van der Waals surface area contributed by atoms with Gasteiger partial charge in [0.15, 0.2) is 11.5 Å². The second-order valence-electron chi connectivity index (χ2n) is 7.71. The third-order valence-electron chi connectivity index (χ3n) is 5.55. The van der Waals surface area contributed by atoms with Gasteiger partial charge < -0.3 is 24.4 Å². The number of carbonyl (C=O) groups excluding carboxylic acids is 1. The molecule has 0 spiro atoms. The lowest BCUT2D eigenvalue weighted by atomic mass is 10.2. The number of rotatable bonds is 7. The number of amides is 1. The van der Waals surface area contributed by atoms with Crippen molar-refractivity contribution in [3.8, 4) is 17.2 Å². The van der Waals surface area contributed by atoms with Crippen LogP contribution in [0.15, 0.2) is 36.4 Å². The predicted octanol–water partition coefficient (Wildman–Crippen LogP) is 4.46. The number of nitrogens with one attached hydrogen (secondary N) is 1. The molecule has 9 heteroatoms. The Labute approximate surface area is 198 Å². The zero-order valence-electron chi connectivity index (χ0n) is 17.8. The molecule has 0 atom stereocenters. The molecular weight excluding hydrogens is 453 g/mol. The Morgan fingerprint density at radius 3 is 2.62 bits per heavy atom. The summed E-state index contributed by atoms with van der Waals surface area (Å²) >= 11 is 12.5. The fourth-order valence-electron chi connectivity index (χ4n) is 3.86. The lowest BCUT2D eigenvalue weighted by Gasteiger charge is -2.36. The van der Waals surface area contributed by atoms with Crippen LogP contribution in [0.1, 0.15) is 12.8 Å². The number of nitrogens with zero attached hydrogens (tertiary/aromatic N) is 2. The fraction of sp³-hybridized carbons (Fsp3) is 0.435. The standard InChI is InChI=1S/C23H27Cl2N3O4/c24-17-5-3-6-18(21(17)25)28-13-11-27(12-14-28)10-2-1-9-26-23(29)32-20-8-4-7-19-22(20)31-16-15-30-19/h3-8H,1-2,9-16H2,(H,26,29). The van der Waals surface area contributed by atoms with Gasteiger partial charge in [-0.15, -0.1) is 0 Å². The zero-order chi connectivity index (χ0) is 22.3. The van der Waals surface area contributed by atoms with Crippen LogP contribution < -0.4 is 24.4 Å². The summed E-state index contributed by atoms with van der Waals surface area (Å²) in [4.78, 5) is 16.8. The molecular formula is C23H27Cl2N3O4. The molecule has 2 aliphatic heterocycles. The van der Waals surface area contributed by atoms with Crippen LogP contribution in [0.25, 0.3) is 0 Å². The van der Waals surface area contributed by atoms with Gasteiger partial charge in [-0.3, -0.25) is 4.90 Å². The van der Waals surface area contributed by atoms with Crippen molar-refractivity contribution in [3.05, 3.63) is 46.4 Å². The Morgan fingerprint density at radius 1 is 1.00 bits per heavy atom. The second-order valence-corrected chi connectivity index (χ2v) is 8.49. The van der Waals surface area contributed by atoms with Crippen LogP contribution in [0.2, 0.25) is 10.0 Å². The molecule has 0 aliphatic carbocycles. The lowest BCUT2D eigenvalue weighted by molar-refractivity contribution is 0.161. The van der Waals surface area contributed by atoms with Gasteiger partial charge in [-0.25, -0.2) is 4.79 Å². The molecule has 1 N–H and O–H groups in total. The number of halogens is 2. The average molecular weight is 480 g/mol. The van der Waals surface area contributed by atoms with E-state index < -0.39 is 6.09 Å². The summed E-state index contributed by atoms with van der Waals surface area (Å²) in [5.41, 5.74) is 0.998. The lowest BCUT2D eigenvalue weighted by Crippen LogP contribution is -2.46. The molecule has 0 saturated carbocycles. The Bertz CT molecular complexity index is 935. The highest BCUT2D eigenvalue weighted by Gasteiger charge is 2.20. The molecule has 1 saturated heterocycles. The first-order chi connectivity index (χ1) is 15.6. The number of unbranched alkanes of at least 4 members (excludes halogenated alkanes) is 1. The summed E-state index contributed by atoms with van der Waals surface area (Å²) in [6, 6.07) is 11.0. The summed E-state index contributed by atoms with van der Waals surface area (Å²) in [7, 11) is 0. The Balaban J connectivity index is 1.13. The number of fused-ring (bicyclic) bond motifs is 1. The quantitative estimate of drug-likeness (QED) is 0.591. The van der Waals surface area contributed by atoms with Gasteiger partial charge in [0, 0.05) is 32.7 Å². The minimum absolute atomic E-state index is 0.373. The van der Waals surface area contributed by atoms with E-state index in [9.17, 15) is 4.79 Å². The predicted molar refractivity (Wildman–Crippen MR) is 126 cm³/mol. The highest BCUT2D eigenvalue weighted by molar-refractivity contribution is 6.43. The van der Waals surface area contributed by atoms with E-state index in [1.807, 2.05) is 18.2 Å². The zero-order valence-corrected chi connectivity index (χ0v) is 19.3. The van der Waals surface area contributed by atoms with E-state index in [2.05, 4.69) is 15.1 Å². The summed E-state index contributed by atoms with van der Waals surface area (Å²) in [5, 5.41) is 4.01. The van der Waals surface area contributed by atoms with Gasteiger partial charge >= 0.3 is 6.09 Å². The normalized spacial score (nSPS) is 16.0. The summed E-state index contributed by atoms with van der Waals surface area (Å²) < 4.78 is 16.5. The van der Waals surface area contributed by atoms with Gasteiger partial charge in [0.2, 0.25) is 5.75 Å². The molecule has 0 unspecified atom stereocenters. The van der Waals surface area contributed by atoms with Gasteiger partial charge in [-0.2, -0.15) is 0 Å². The maximum atomic E-state index is 12.1. The molecule has 2 heterocycles. The molecule has 172 valence electrons. The SMILES string of the molecule is O=C(NCCCCN1CCN(c2cccc(Cl)c2Cl)CC1)Oc1cccc2c1OCCO2. The van der Waals surface area contributed by atoms with Gasteiger partial charge in [0.25, 0.3) is 0 Å². The maximum absolute atomic E-state index is 12.1. The summed E-state index contributed by atoms with van der Waals surface area (Å²) in [6.07, 6.45) is 1.39. The monoisotopic (exact) mass is 479 g/mol. The molecule has 0 aromatic heterocycles. The molecule has 1 amide bonds. The van der Waals surface area contributed by atoms with E-state index in [0.717, 1.165) is 51.3 Å². The van der Waals surface area contributed by atoms with Crippen molar-refractivity contribution in [2.75, 3.05) is 57.4 Å². The number of anilines is 1. The summed E-state index contributed by atoms with van der Waals surface area (Å²) in [6.45, 7) is 6.25. The summed E-state index contributed by atoms with van der Waals surface area (Å²) in [5.74, 6) is 1.45. The van der Waals surface area contributed by atoms with Gasteiger partial charge in [-0.05, 0) is 43.7 Å². The topological polar surface area (TPSA) is 63.3 Å². The van der Waals surface area contributed by atoms with E-state index in [1.165, 1.54) is 0 Å². The molecule has 32 heavy (non-hydrogen) atoms. The largest absolute Gasteiger partial charge is 0.486 e. The molecule has 0 radical (unpaired) electrons. The number of carbonyl (C=O) groups is 1. The minimum Gasteiger partial charge on any atom is -0.486 e. The number of para-hydroxylation sites is 1. The molecule has 2 aromatic carbocycles.